The van der Waals surface area contributed by atoms with Crippen LogP contribution in [-0.4, -0.2) is 24.9 Å². The first-order chi connectivity index (χ1) is 14.0. The predicted molar refractivity (Wildman–Crippen MR) is 111 cm³/mol. The van der Waals surface area contributed by atoms with Crippen molar-refractivity contribution in [1.29, 1.82) is 5.26 Å². The van der Waals surface area contributed by atoms with Crippen molar-refractivity contribution < 1.29 is 9.59 Å². The van der Waals surface area contributed by atoms with Crippen molar-refractivity contribution in [2.45, 2.75) is 30.6 Å². The fourth-order valence-corrected chi connectivity index (χ4v) is 4.83. The van der Waals surface area contributed by atoms with E-state index in [2.05, 4.69) is 12.1 Å². The Kier molecular flexibility index (Phi) is 4.15. The van der Waals surface area contributed by atoms with Crippen LogP contribution in [-0.2, 0) is 20.9 Å². The average Bonchev–Trinajstić information content (AvgIpc) is 3.33. The SMILES string of the molecule is N#Cc1cccc(N2CC(C(=O)N3CC4(CC4)c4cc(CCl)ccc43)CC2=O)c1. The number of rotatable bonds is 3. The van der Waals surface area contributed by atoms with Crippen LogP contribution in [0, 0.1) is 17.2 Å². The van der Waals surface area contributed by atoms with E-state index in [0.717, 1.165) is 24.1 Å². The second-order valence-corrected chi connectivity index (χ2v) is 8.52. The molecule has 6 heteroatoms. The van der Waals surface area contributed by atoms with E-state index in [9.17, 15) is 9.59 Å². The third-order valence-electron chi connectivity index (χ3n) is 6.42. The number of fused-ring (bicyclic) bond motifs is 2. The zero-order chi connectivity index (χ0) is 20.2. The van der Waals surface area contributed by atoms with Crippen LogP contribution in [0.25, 0.3) is 0 Å². The van der Waals surface area contributed by atoms with Crippen LogP contribution in [0.2, 0.25) is 0 Å². The van der Waals surface area contributed by atoms with Gasteiger partial charge >= 0.3 is 0 Å². The fraction of sp³-hybridized carbons (Fsp3) is 0.348. The molecule has 2 aliphatic heterocycles. The van der Waals surface area contributed by atoms with Gasteiger partial charge in [0.25, 0.3) is 0 Å². The lowest BCUT2D eigenvalue weighted by Gasteiger charge is -2.22. The van der Waals surface area contributed by atoms with Crippen molar-refractivity contribution in [1.82, 2.24) is 0 Å². The second kappa shape index (κ2) is 6.60. The van der Waals surface area contributed by atoms with Gasteiger partial charge in [0, 0.05) is 42.2 Å². The third kappa shape index (κ3) is 2.90. The molecule has 146 valence electrons. The number of nitrogens with zero attached hydrogens (tertiary/aromatic N) is 3. The number of nitriles is 1. The van der Waals surface area contributed by atoms with E-state index in [-0.39, 0.29) is 29.6 Å². The Balaban J connectivity index is 1.40. The second-order valence-electron chi connectivity index (χ2n) is 8.26. The number of hydrogen-bond acceptors (Lipinski definition) is 3. The van der Waals surface area contributed by atoms with Crippen molar-refractivity contribution >= 4 is 34.8 Å². The number of benzene rings is 2. The van der Waals surface area contributed by atoms with E-state index in [0.29, 0.717) is 30.2 Å². The molecule has 1 atom stereocenters. The average molecular weight is 406 g/mol. The molecule has 2 aromatic rings. The molecule has 2 fully saturated rings. The maximum Gasteiger partial charge on any atom is 0.232 e. The number of anilines is 2. The first-order valence-electron chi connectivity index (χ1n) is 9.86. The molecule has 2 heterocycles. The molecule has 1 unspecified atom stereocenters. The minimum atomic E-state index is -0.373. The predicted octanol–water partition coefficient (Wildman–Crippen LogP) is 3.73. The Bertz CT molecular complexity index is 1070. The first kappa shape index (κ1) is 18.2. The molecule has 1 saturated heterocycles. The van der Waals surface area contributed by atoms with E-state index in [4.69, 9.17) is 16.9 Å². The lowest BCUT2D eigenvalue weighted by Crippen LogP contribution is -2.37. The van der Waals surface area contributed by atoms with Crippen molar-refractivity contribution in [2.75, 3.05) is 22.9 Å². The molecule has 0 radical (unpaired) electrons. The summed E-state index contributed by atoms with van der Waals surface area (Å²) in [7, 11) is 0. The van der Waals surface area contributed by atoms with Crippen molar-refractivity contribution in [3.05, 3.63) is 59.2 Å². The molecule has 1 spiro atoms. The van der Waals surface area contributed by atoms with E-state index in [1.165, 1.54) is 5.56 Å². The molecule has 3 aliphatic rings. The van der Waals surface area contributed by atoms with Gasteiger partial charge in [-0.05, 0) is 48.2 Å². The monoisotopic (exact) mass is 405 g/mol. The Labute approximate surface area is 174 Å². The topological polar surface area (TPSA) is 64.4 Å². The Hall–Kier alpha value is -2.84. The number of carbonyl (C=O) groups excluding carboxylic acids is 2. The van der Waals surface area contributed by atoms with Crippen LogP contribution in [0.4, 0.5) is 11.4 Å². The molecule has 29 heavy (non-hydrogen) atoms. The molecule has 5 nitrogen and oxygen atoms in total. The quantitative estimate of drug-likeness (QED) is 0.731. The Morgan fingerprint density at radius 2 is 2.07 bits per heavy atom. The number of alkyl halides is 1. The molecule has 1 saturated carbocycles. The largest absolute Gasteiger partial charge is 0.312 e. The number of amides is 2. The van der Waals surface area contributed by atoms with Gasteiger partial charge < -0.3 is 9.80 Å². The van der Waals surface area contributed by atoms with Crippen molar-refractivity contribution in [3.63, 3.8) is 0 Å². The van der Waals surface area contributed by atoms with Gasteiger partial charge in [0.2, 0.25) is 11.8 Å². The van der Waals surface area contributed by atoms with Crippen LogP contribution >= 0.6 is 11.6 Å². The summed E-state index contributed by atoms with van der Waals surface area (Å²) in [6.07, 6.45) is 2.38. The minimum Gasteiger partial charge on any atom is -0.312 e. The Morgan fingerprint density at radius 3 is 2.79 bits per heavy atom. The molecule has 0 aromatic heterocycles. The molecular formula is C23H20ClN3O2. The maximum atomic E-state index is 13.4. The van der Waals surface area contributed by atoms with Gasteiger partial charge in [0.1, 0.15) is 0 Å². The van der Waals surface area contributed by atoms with Gasteiger partial charge in [0.15, 0.2) is 0 Å². The van der Waals surface area contributed by atoms with Gasteiger partial charge in [-0.1, -0.05) is 18.2 Å². The van der Waals surface area contributed by atoms with Crippen molar-refractivity contribution in [2.24, 2.45) is 5.92 Å². The third-order valence-corrected chi connectivity index (χ3v) is 6.73. The molecule has 2 amide bonds. The van der Waals surface area contributed by atoms with Gasteiger partial charge in [0.05, 0.1) is 17.6 Å². The summed E-state index contributed by atoms with van der Waals surface area (Å²) in [6.45, 7) is 1.05. The smallest absolute Gasteiger partial charge is 0.232 e. The zero-order valence-corrected chi connectivity index (χ0v) is 16.7. The number of hydrogen-bond donors (Lipinski definition) is 0. The summed E-state index contributed by atoms with van der Waals surface area (Å²) in [6, 6.07) is 15.2. The maximum absolute atomic E-state index is 13.4. The molecule has 0 N–H and O–H groups in total. The summed E-state index contributed by atoms with van der Waals surface area (Å²) in [4.78, 5) is 29.5. The first-order valence-corrected chi connectivity index (χ1v) is 10.4. The van der Waals surface area contributed by atoms with Crippen LogP contribution in [0.3, 0.4) is 0 Å². The van der Waals surface area contributed by atoms with E-state index in [1.807, 2.05) is 23.1 Å². The highest BCUT2D eigenvalue weighted by atomic mass is 35.5. The summed E-state index contributed by atoms with van der Waals surface area (Å²) in [5.41, 5.74) is 4.54. The molecule has 2 aromatic carbocycles. The van der Waals surface area contributed by atoms with E-state index < -0.39 is 0 Å². The standard InChI is InChI=1S/C23H20ClN3O2/c24-11-15-4-5-20-19(9-15)23(6-7-23)14-27(20)22(29)17-10-21(28)26(13-17)18-3-1-2-16(8-18)12-25/h1-5,8-9,17H,6-7,10-11,13-14H2. The van der Waals surface area contributed by atoms with Gasteiger partial charge in [-0.15, -0.1) is 11.6 Å². The highest BCUT2D eigenvalue weighted by Crippen LogP contribution is 2.57. The summed E-state index contributed by atoms with van der Waals surface area (Å²) in [5, 5.41) is 9.12. The lowest BCUT2D eigenvalue weighted by molar-refractivity contribution is -0.124. The molecule has 5 rings (SSSR count). The highest BCUT2D eigenvalue weighted by molar-refractivity contribution is 6.17. The number of halogens is 1. The van der Waals surface area contributed by atoms with Crippen LogP contribution in [0.15, 0.2) is 42.5 Å². The molecular weight excluding hydrogens is 386 g/mol. The molecule has 0 bridgehead atoms. The van der Waals surface area contributed by atoms with Crippen molar-refractivity contribution in [3.8, 4) is 6.07 Å². The van der Waals surface area contributed by atoms with Crippen LogP contribution in [0.5, 0.6) is 0 Å². The lowest BCUT2D eigenvalue weighted by atomic mass is 9.97. The number of carbonyl (C=O) groups is 2. The Morgan fingerprint density at radius 1 is 1.24 bits per heavy atom. The summed E-state index contributed by atoms with van der Waals surface area (Å²) >= 11 is 6.01. The summed E-state index contributed by atoms with van der Waals surface area (Å²) in [5.74, 6) is 0.0330. The zero-order valence-electron chi connectivity index (χ0n) is 15.9. The fourth-order valence-electron chi connectivity index (χ4n) is 4.66. The normalized spacial score (nSPS) is 21.4. The van der Waals surface area contributed by atoms with Crippen LogP contribution < -0.4 is 9.80 Å². The van der Waals surface area contributed by atoms with E-state index >= 15 is 0 Å². The van der Waals surface area contributed by atoms with E-state index in [1.54, 1.807) is 23.1 Å². The molecule has 1 aliphatic carbocycles. The summed E-state index contributed by atoms with van der Waals surface area (Å²) < 4.78 is 0. The van der Waals surface area contributed by atoms with Crippen LogP contribution in [0.1, 0.15) is 36.0 Å². The minimum absolute atomic E-state index is 0.0148. The van der Waals surface area contributed by atoms with Gasteiger partial charge in [-0.25, -0.2) is 0 Å². The van der Waals surface area contributed by atoms with Gasteiger partial charge in [-0.3, -0.25) is 9.59 Å². The van der Waals surface area contributed by atoms with Gasteiger partial charge in [-0.2, -0.15) is 5.26 Å². The highest BCUT2D eigenvalue weighted by Gasteiger charge is 2.54.